The van der Waals surface area contributed by atoms with Crippen LogP contribution in [0.25, 0.3) is 11.2 Å². The van der Waals surface area contributed by atoms with Crippen molar-refractivity contribution in [3.63, 3.8) is 0 Å². The highest BCUT2D eigenvalue weighted by atomic mass is 31.2. The molecule has 0 aliphatic heterocycles. The van der Waals surface area contributed by atoms with E-state index in [2.05, 4.69) is 20.0 Å². The molecule has 162 valence electrons. The maximum Gasteiger partial charge on any atom is 0.280 e. The molecule has 3 aromatic rings. The number of rotatable bonds is 10. The van der Waals surface area contributed by atoms with Gasteiger partial charge in [-0.05, 0) is 19.4 Å². The number of nitrogen functional groups attached to an aromatic ring is 1. The zero-order valence-corrected chi connectivity index (χ0v) is 17.5. The van der Waals surface area contributed by atoms with Gasteiger partial charge < -0.3 is 25.0 Å². The molecule has 0 spiro atoms. The van der Waals surface area contributed by atoms with Crippen molar-refractivity contribution in [2.75, 3.05) is 12.3 Å². The van der Waals surface area contributed by atoms with E-state index >= 15 is 0 Å². The van der Waals surface area contributed by atoms with Crippen molar-refractivity contribution in [1.29, 1.82) is 0 Å². The van der Waals surface area contributed by atoms with Gasteiger partial charge in [-0.1, -0.05) is 30.3 Å². The minimum absolute atomic E-state index is 0.0349. The Balaban J connectivity index is 1.59. The van der Waals surface area contributed by atoms with Crippen LogP contribution < -0.4 is 16.4 Å². The fourth-order valence-electron chi connectivity index (χ4n) is 2.76. The van der Waals surface area contributed by atoms with Gasteiger partial charge in [0.15, 0.2) is 11.2 Å². The van der Waals surface area contributed by atoms with Crippen molar-refractivity contribution in [1.82, 2.24) is 24.6 Å². The number of nitrogens with one attached hydrogen (secondary N) is 2. The molecule has 0 saturated heterocycles. The number of hydrogen-bond acceptors (Lipinski definition) is 9. The Hall–Kier alpha value is -2.40. The summed E-state index contributed by atoms with van der Waals surface area (Å²) in [5.74, 6) is -0.0349. The van der Waals surface area contributed by atoms with Gasteiger partial charge in [0.2, 0.25) is 5.95 Å². The summed E-state index contributed by atoms with van der Waals surface area (Å²) in [5.41, 5.74) is 6.57. The number of ether oxygens (including phenoxy) is 1. The van der Waals surface area contributed by atoms with Gasteiger partial charge >= 0.3 is 0 Å². The van der Waals surface area contributed by atoms with Crippen LogP contribution in [0, 0.1) is 0 Å². The standard InChI is InChI=1S/C18H25N6O5P/c1-11(25)14(9-28-30(27)21-8-13-6-4-3-5-7-13)29-12(2)24-10-20-15-16(24)22-18(19)23-17(15)26/h3-7,10-12,14,21,25,27H,8-9H2,1-2H3,(H3,19,22,23,26)/t11?,12-,14?,30?/m1/s1. The fourth-order valence-corrected chi connectivity index (χ4v) is 3.46. The Morgan fingerprint density at radius 3 is 2.77 bits per heavy atom. The third-order valence-corrected chi connectivity index (χ3v) is 5.20. The second-order valence-corrected chi connectivity index (χ2v) is 7.80. The van der Waals surface area contributed by atoms with Crippen molar-refractivity contribution >= 4 is 25.6 Å². The fraction of sp³-hybridized carbons (Fsp3) is 0.389. The van der Waals surface area contributed by atoms with E-state index in [4.69, 9.17) is 15.0 Å². The van der Waals surface area contributed by atoms with Gasteiger partial charge in [0.25, 0.3) is 14.1 Å². The molecular weight excluding hydrogens is 411 g/mol. The highest BCUT2D eigenvalue weighted by molar-refractivity contribution is 7.43. The van der Waals surface area contributed by atoms with Gasteiger partial charge in [0.05, 0.1) is 19.0 Å². The molecule has 6 N–H and O–H groups in total. The number of aromatic amines is 1. The Bertz CT molecular complexity index is 1010. The number of aliphatic hydroxyl groups is 1. The number of anilines is 1. The Labute approximate surface area is 173 Å². The largest absolute Gasteiger partial charge is 0.391 e. The molecule has 0 aliphatic rings. The first-order chi connectivity index (χ1) is 14.3. The number of H-pyrrole nitrogens is 1. The average Bonchev–Trinajstić information content (AvgIpc) is 3.14. The summed E-state index contributed by atoms with van der Waals surface area (Å²) < 4.78 is 12.9. The molecule has 0 amide bonds. The topological polar surface area (TPSA) is 161 Å². The minimum atomic E-state index is -1.90. The number of imidazole rings is 1. The third kappa shape index (κ3) is 5.60. The molecule has 1 aromatic carbocycles. The summed E-state index contributed by atoms with van der Waals surface area (Å²) in [6, 6.07) is 9.59. The number of nitrogens with two attached hydrogens (primary N) is 1. The molecule has 11 nitrogen and oxygen atoms in total. The predicted octanol–water partition coefficient (Wildman–Crippen LogP) is 1.01. The quantitative estimate of drug-likeness (QED) is 0.292. The van der Waals surface area contributed by atoms with Crippen molar-refractivity contribution in [2.45, 2.75) is 38.8 Å². The number of benzene rings is 1. The highest BCUT2D eigenvalue weighted by Gasteiger charge is 2.23. The summed E-state index contributed by atoms with van der Waals surface area (Å²) in [4.78, 5) is 32.5. The van der Waals surface area contributed by atoms with E-state index in [9.17, 15) is 14.8 Å². The van der Waals surface area contributed by atoms with Crippen molar-refractivity contribution in [2.24, 2.45) is 0 Å². The molecule has 4 atom stereocenters. The zero-order valence-electron chi connectivity index (χ0n) is 16.6. The van der Waals surface area contributed by atoms with Crippen LogP contribution in [0.5, 0.6) is 0 Å². The molecule has 0 aliphatic carbocycles. The van der Waals surface area contributed by atoms with E-state index in [0.29, 0.717) is 6.54 Å². The lowest BCUT2D eigenvalue weighted by atomic mass is 10.2. The molecule has 0 bridgehead atoms. The van der Waals surface area contributed by atoms with Crippen molar-refractivity contribution in [3.8, 4) is 0 Å². The van der Waals surface area contributed by atoms with E-state index in [0.717, 1.165) is 5.56 Å². The van der Waals surface area contributed by atoms with E-state index in [-0.39, 0.29) is 23.7 Å². The second-order valence-electron chi connectivity index (χ2n) is 6.68. The number of aliphatic hydroxyl groups excluding tert-OH is 1. The first-order valence-corrected chi connectivity index (χ1v) is 10.5. The normalized spacial score (nSPS) is 15.7. The van der Waals surface area contributed by atoms with Gasteiger partial charge in [-0.2, -0.15) is 4.98 Å². The lowest BCUT2D eigenvalue weighted by molar-refractivity contribution is -0.106. The van der Waals surface area contributed by atoms with Gasteiger partial charge in [-0.25, -0.2) is 10.1 Å². The highest BCUT2D eigenvalue weighted by Crippen LogP contribution is 2.28. The van der Waals surface area contributed by atoms with Crippen LogP contribution >= 0.6 is 8.53 Å². The maximum absolute atomic E-state index is 11.9. The SMILES string of the molecule is CC(O)C(COP(O)NCc1ccccc1)O[C@H](C)n1cnc2c(=O)[nH]c(N)nc21. The van der Waals surface area contributed by atoms with Crippen LogP contribution in [0.15, 0.2) is 41.5 Å². The van der Waals surface area contributed by atoms with Gasteiger partial charge in [-0.15, -0.1) is 0 Å². The van der Waals surface area contributed by atoms with Crippen LogP contribution in [0.4, 0.5) is 5.95 Å². The lowest BCUT2D eigenvalue weighted by Gasteiger charge is -2.26. The molecule has 0 fully saturated rings. The zero-order chi connectivity index (χ0) is 21.7. The van der Waals surface area contributed by atoms with Gasteiger partial charge in [-0.3, -0.25) is 14.3 Å². The lowest BCUT2D eigenvalue weighted by Crippen LogP contribution is -2.33. The summed E-state index contributed by atoms with van der Waals surface area (Å²) in [6.45, 7) is 3.67. The van der Waals surface area contributed by atoms with Gasteiger partial charge in [0.1, 0.15) is 12.3 Å². The smallest absolute Gasteiger partial charge is 0.280 e. The molecule has 30 heavy (non-hydrogen) atoms. The summed E-state index contributed by atoms with van der Waals surface area (Å²) in [7, 11) is -1.90. The number of nitrogens with zero attached hydrogens (tertiary/aromatic N) is 3. The molecule has 2 heterocycles. The molecule has 0 radical (unpaired) electrons. The molecule has 12 heteroatoms. The van der Waals surface area contributed by atoms with Crippen molar-refractivity contribution in [3.05, 3.63) is 52.6 Å². The Kier molecular flexibility index (Phi) is 7.48. The number of fused-ring (bicyclic) bond motifs is 1. The molecule has 0 saturated carbocycles. The van der Waals surface area contributed by atoms with E-state index in [1.807, 2.05) is 30.3 Å². The van der Waals surface area contributed by atoms with E-state index in [1.54, 1.807) is 13.8 Å². The molecule has 2 aromatic heterocycles. The first kappa shape index (κ1) is 22.3. The monoisotopic (exact) mass is 436 g/mol. The van der Waals surface area contributed by atoms with Crippen molar-refractivity contribution < 1.29 is 19.3 Å². The van der Waals surface area contributed by atoms with E-state index in [1.165, 1.54) is 10.9 Å². The number of hydrogen-bond donors (Lipinski definition) is 5. The summed E-state index contributed by atoms with van der Waals surface area (Å²) in [5, 5.41) is 13.0. The van der Waals surface area contributed by atoms with Crippen LogP contribution in [-0.2, 0) is 15.8 Å². The van der Waals surface area contributed by atoms with Crippen LogP contribution in [-0.4, -0.2) is 48.3 Å². The predicted molar refractivity (Wildman–Crippen MR) is 112 cm³/mol. The third-order valence-electron chi connectivity index (χ3n) is 4.37. The van der Waals surface area contributed by atoms with Crippen LogP contribution in [0.2, 0.25) is 0 Å². The van der Waals surface area contributed by atoms with Crippen LogP contribution in [0.3, 0.4) is 0 Å². The molecular formula is C18H25N6O5P. The first-order valence-electron chi connectivity index (χ1n) is 9.30. The number of aromatic nitrogens is 4. The molecule has 3 rings (SSSR count). The van der Waals surface area contributed by atoms with Gasteiger partial charge in [0, 0.05) is 6.54 Å². The summed E-state index contributed by atoms with van der Waals surface area (Å²) in [6.07, 6.45) is -0.833. The molecule has 3 unspecified atom stereocenters. The Morgan fingerprint density at radius 1 is 1.33 bits per heavy atom. The minimum Gasteiger partial charge on any atom is -0.391 e. The average molecular weight is 436 g/mol. The summed E-state index contributed by atoms with van der Waals surface area (Å²) >= 11 is 0. The van der Waals surface area contributed by atoms with Crippen LogP contribution in [0.1, 0.15) is 25.6 Å². The Morgan fingerprint density at radius 2 is 2.07 bits per heavy atom. The second kappa shape index (κ2) is 10.1. The van der Waals surface area contributed by atoms with E-state index < -0.39 is 32.5 Å². The maximum atomic E-state index is 11.9.